The van der Waals surface area contributed by atoms with E-state index in [1.54, 1.807) is 55.6 Å². The number of Topliss-reactive ketones (excluding diaryl/α,β-unsaturated/α-hetero) is 2. The van der Waals surface area contributed by atoms with Crippen LogP contribution in [0.2, 0.25) is 0 Å². The summed E-state index contributed by atoms with van der Waals surface area (Å²) in [6.45, 7) is 2.06. The molecule has 2 aromatic carbocycles. The van der Waals surface area contributed by atoms with E-state index >= 15 is 0 Å². The van der Waals surface area contributed by atoms with Crippen LogP contribution in [0.5, 0.6) is 5.75 Å². The third-order valence-electron chi connectivity index (χ3n) is 6.62. The van der Waals surface area contributed by atoms with Crippen LogP contribution in [0.25, 0.3) is 0 Å². The lowest BCUT2D eigenvalue weighted by Gasteiger charge is -2.36. The van der Waals surface area contributed by atoms with E-state index in [9.17, 15) is 14.4 Å². The maximum Gasteiger partial charge on any atom is 0.338 e. The predicted molar refractivity (Wildman–Crippen MR) is 116 cm³/mol. The molecule has 0 bridgehead atoms. The number of benzene rings is 2. The van der Waals surface area contributed by atoms with Crippen molar-refractivity contribution in [1.82, 2.24) is 0 Å². The molecule has 0 N–H and O–H groups in total. The van der Waals surface area contributed by atoms with E-state index in [1.165, 1.54) is 0 Å². The maximum absolute atomic E-state index is 12.9. The van der Waals surface area contributed by atoms with Gasteiger partial charge in [0.1, 0.15) is 11.9 Å². The number of esters is 1. The summed E-state index contributed by atoms with van der Waals surface area (Å²) in [5.74, 6) is 0.179. The summed E-state index contributed by atoms with van der Waals surface area (Å²) < 4.78 is 11.1. The summed E-state index contributed by atoms with van der Waals surface area (Å²) in [5.41, 5.74) is 2.20. The minimum atomic E-state index is -0.414. The van der Waals surface area contributed by atoms with Gasteiger partial charge in [-0.05, 0) is 43.5 Å². The number of carbonyl (C=O) groups is 3. The van der Waals surface area contributed by atoms with Crippen LogP contribution in [-0.4, -0.2) is 30.7 Å². The number of hydrogen-bond donors (Lipinski definition) is 0. The Kier molecular flexibility index (Phi) is 5.77. The normalized spacial score (nSPS) is 22.8. The molecule has 0 unspecified atom stereocenters. The van der Waals surface area contributed by atoms with Gasteiger partial charge in [-0.25, -0.2) is 4.79 Å². The van der Waals surface area contributed by atoms with E-state index in [4.69, 9.17) is 9.47 Å². The topological polar surface area (TPSA) is 69.7 Å². The summed E-state index contributed by atoms with van der Waals surface area (Å²) in [4.78, 5) is 38.3. The van der Waals surface area contributed by atoms with Gasteiger partial charge in [-0.1, -0.05) is 42.8 Å². The third kappa shape index (κ3) is 4.05. The van der Waals surface area contributed by atoms with Gasteiger partial charge >= 0.3 is 5.97 Å². The molecule has 5 nitrogen and oxygen atoms in total. The first kappa shape index (κ1) is 21.0. The number of methoxy groups -OCH3 is 1. The number of rotatable bonds is 6. The van der Waals surface area contributed by atoms with Crippen LogP contribution in [0.1, 0.15) is 59.7 Å². The smallest absolute Gasteiger partial charge is 0.338 e. The van der Waals surface area contributed by atoms with Gasteiger partial charge in [0, 0.05) is 29.4 Å². The molecular weight excluding hydrogens is 392 g/mol. The molecule has 31 heavy (non-hydrogen) atoms. The fraction of sp³-hybridized carbons (Fsp3) is 0.346. The summed E-state index contributed by atoms with van der Waals surface area (Å²) in [6.07, 6.45) is 2.08. The van der Waals surface area contributed by atoms with Crippen molar-refractivity contribution in [2.45, 2.75) is 45.1 Å². The molecule has 5 heteroatoms. The number of carbonyl (C=O) groups excluding carboxylic acids is 3. The van der Waals surface area contributed by atoms with Gasteiger partial charge in [-0.2, -0.15) is 0 Å². The molecule has 2 aliphatic rings. The fourth-order valence-corrected chi connectivity index (χ4v) is 4.80. The summed E-state index contributed by atoms with van der Waals surface area (Å²) in [7, 11) is 1.56. The van der Waals surface area contributed by atoms with E-state index in [1.807, 2.05) is 6.07 Å². The minimum absolute atomic E-state index is 0.0266. The highest BCUT2D eigenvalue weighted by Gasteiger charge is 2.49. The van der Waals surface area contributed by atoms with Crippen molar-refractivity contribution in [3.8, 4) is 5.75 Å². The second-order valence-corrected chi connectivity index (χ2v) is 8.43. The van der Waals surface area contributed by atoms with E-state index in [0.717, 1.165) is 5.57 Å². The molecule has 0 saturated heterocycles. The van der Waals surface area contributed by atoms with Gasteiger partial charge < -0.3 is 9.47 Å². The first-order valence-electron chi connectivity index (χ1n) is 10.6. The Hall–Kier alpha value is -3.21. The highest BCUT2D eigenvalue weighted by molar-refractivity contribution is 6.07. The molecule has 4 rings (SSSR count). The molecule has 0 amide bonds. The summed E-state index contributed by atoms with van der Waals surface area (Å²) in [5, 5.41) is 0. The van der Waals surface area contributed by atoms with Crippen molar-refractivity contribution in [3.05, 3.63) is 76.9 Å². The van der Waals surface area contributed by atoms with E-state index in [0.29, 0.717) is 48.1 Å². The first-order valence-corrected chi connectivity index (χ1v) is 10.6. The SMILES string of the molecule is COc1cccc(C(=O)CC2=C3CC[C@H](OC(=O)c4ccccc4)[C@@]3(C)CCC2=O)c1. The predicted octanol–water partition coefficient (Wildman–Crippen LogP) is 4.95. The van der Waals surface area contributed by atoms with E-state index < -0.39 is 5.41 Å². The Morgan fingerprint density at radius 3 is 2.52 bits per heavy atom. The fourth-order valence-electron chi connectivity index (χ4n) is 4.80. The maximum atomic E-state index is 12.9. The number of ketones is 2. The molecule has 1 saturated carbocycles. The second kappa shape index (κ2) is 8.50. The molecule has 160 valence electrons. The van der Waals surface area contributed by atoms with Crippen molar-refractivity contribution >= 4 is 17.5 Å². The molecule has 0 radical (unpaired) electrons. The van der Waals surface area contributed by atoms with Gasteiger partial charge in [-0.3, -0.25) is 9.59 Å². The Bertz CT molecular complexity index is 1050. The molecule has 2 aromatic rings. The number of fused-ring (bicyclic) bond motifs is 1. The van der Waals surface area contributed by atoms with Crippen molar-refractivity contribution in [2.24, 2.45) is 5.41 Å². The van der Waals surface area contributed by atoms with Crippen LogP contribution in [0.4, 0.5) is 0 Å². The Morgan fingerprint density at radius 2 is 1.77 bits per heavy atom. The van der Waals surface area contributed by atoms with Crippen LogP contribution >= 0.6 is 0 Å². The van der Waals surface area contributed by atoms with Gasteiger partial charge in [0.05, 0.1) is 12.7 Å². The van der Waals surface area contributed by atoms with Crippen LogP contribution < -0.4 is 4.74 Å². The van der Waals surface area contributed by atoms with Crippen molar-refractivity contribution in [3.63, 3.8) is 0 Å². The van der Waals surface area contributed by atoms with Gasteiger partial charge in [0.15, 0.2) is 11.6 Å². The van der Waals surface area contributed by atoms with Crippen molar-refractivity contribution in [1.29, 1.82) is 0 Å². The molecule has 0 spiro atoms. The molecular formula is C26H26O5. The lowest BCUT2D eigenvalue weighted by molar-refractivity contribution is -0.117. The molecule has 2 aliphatic carbocycles. The molecule has 0 aliphatic heterocycles. The quantitative estimate of drug-likeness (QED) is 0.490. The average molecular weight is 418 g/mol. The van der Waals surface area contributed by atoms with Crippen LogP contribution in [0.15, 0.2) is 65.7 Å². The number of hydrogen-bond acceptors (Lipinski definition) is 5. The van der Waals surface area contributed by atoms with Crippen LogP contribution in [-0.2, 0) is 9.53 Å². The molecule has 1 fully saturated rings. The summed E-state index contributed by atoms with van der Waals surface area (Å²) >= 11 is 0. The monoisotopic (exact) mass is 418 g/mol. The van der Waals surface area contributed by atoms with Crippen LogP contribution in [0.3, 0.4) is 0 Å². The Labute approximate surface area is 182 Å². The lowest BCUT2D eigenvalue weighted by Crippen LogP contribution is -2.37. The highest BCUT2D eigenvalue weighted by Crippen LogP contribution is 2.52. The standard InChI is InChI=1S/C26H26O5/c1-26-14-13-22(27)20(16-23(28)18-9-6-10-19(15-18)30-2)21(26)11-12-24(26)31-25(29)17-7-4-3-5-8-17/h3-10,15,24H,11-14,16H2,1-2H3/t24-,26-/m0/s1. The van der Waals surface area contributed by atoms with Gasteiger partial charge in [0.25, 0.3) is 0 Å². The molecule has 0 heterocycles. The second-order valence-electron chi connectivity index (χ2n) is 8.43. The van der Waals surface area contributed by atoms with Crippen molar-refractivity contribution in [2.75, 3.05) is 7.11 Å². The zero-order valence-electron chi connectivity index (χ0n) is 17.9. The third-order valence-corrected chi connectivity index (χ3v) is 6.62. The van der Waals surface area contributed by atoms with Crippen LogP contribution in [0, 0.1) is 5.41 Å². The first-order chi connectivity index (χ1) is 14.9. The zero-order chi connectivity index (χ0) is 22.0. The highest BCUT2D eigenvalue weighted by atomic mass is 16.5. The van der Waals surface area contributed by atoms with E-state index in [2.05, 4.69) is 6.92 Å². The lowest BCUT2D eigenvalue weighted by atomic mass is 9.70. The number of ether oxygens (including phenoxy) is 2. The zero-order valence-corrected chi connectivity index (χ0v) is 17.9. The van der Waals surface area contributed by atoms with E-state index in [-0.39, 0.29) is 30.1 Å². The van der Waals surface area contributed by atoms with Crippen molar-refractivity contribution < 1.29 is 23.9 Å². The molecule has 2 atom stereocenters. The molecule has 0 aromatic heterocycles. The Morgan fingerprint density at radius 1 is 1.03 bits per heavy atom. The average Bonchev–Trinajstić information content (AvgIpc) is 3.12. The number of allylic oxidation sites excluding steroid dienone is 1. The largest absolute Gasteiger partial charge is 0.497 e. The Balaban J connectivity index is 1.58. The van der Waals surface area contributed by atoms with Gasteiger partial charge in [-0.15, -0.1) is 0 Å². The van der Waals surface area contributed by atoms with Gasteiger partial charge in [0.2, 0.25) is 0 Å². The summed E-state index contributed by atoms with van der Waals surface area (Å²) in [6, 6.07) is 15.9. The minimum Gasteiger partial charge on any atom is -0.497 e.